The predicted molar refractivity (Wildman–Crippen MR) is 62.5 cm³/mol. The third kappa shape index (κ3) is 3.19. The van der Waals surface area contributed by atoms with Gasteiger partial charge in [-0.1, -0.05) is 6.42 Å². The smallest absolute Gasteiger partial charge is 0.323 e. The summed E-state index contributed by atoms with van der Waals surface area (Å²) < 4.78 is 5.31. The SMILES string of the molecule is COC(C)(C)CC(C)(NC1CCC1)C(=O)O. The van der Waals surface area contributed by atoms with E-state index in [1.54, 1.807) is 14.0 Å². The minimum Gasteiger partial charge on any atom is -0.480 e. The molecular formula is C12H23NO3. The number of ether oxygens (including phenoxy) is 1. The first-order valence-electron chi connectivity index (χ1n) is 5.85. The number of nitrogens with one attached hydrogen (secondary N) is 1. The first-order valence-corrected chi connectivity index (χ1v) is 5.85. The Hall–Kier alpha value is -0.610. The van der Waals surface area contributed by atoms with Gasteiger partial charge < -0.3 is 9.84 Å². The number of hydrogen-bond acceptors (Lipinski definition) is 3. The molecule has 4 heteroatoms. The molecule has 0 saturated heterocycles. The third-order valence-electron chi connectivity index (χ3n) is 3.43. The topological polar surface area (TPSA) is 58.6 Å². The summed E-state index contributed by atoms with van der Waals surface area (Å²) in [6.07, 6.45) is 3.82. The van der Waals surface area contributed by atoms with Gasteiger partial charge in [0.1, 0.15) is 5.54 Å². The van der Waals surface area contributed by atoms with Crippen LogP contribution in [0.2, 0.25) is 0 Å². The molecule has 1 fully saturated rings. The quantitative estimate of drug-likeness (QED) is 0.729. The van der Waals surface area contributed by atoms with Gasteiger partial charge in [-0.15, -0.1) is 0 Å². The van der Waals surface area contributed by atoms with E-state index in [2.05, 4.69) is 5.32 Å². The number of hydrogen-bond donors (Lipinski definition) is 2. The molecule has 0 amide bonds. The van der Waals surface area contributed by atoms with E-state index in [0.29, 0.717) is 12.5 Å². The second-order valence-electron chi connectivity index (χ2n) is 5.55. The maximum absolute atomic E-state index is 11.4. The van der Waals surface area contributed by atoms with Crippen molar-refractivity contribution in [3.05, 3.63) is 0 Å². The Bertz CT molecular complexity index is 261. The number of carboxylic acid groups (broad SMARTS) is 1. The van der Waals surface area contributed by atoms with E-state index in [1.165, 1.54) is 6.42 Å². The second-order valence-corrected chi connectivity index (χ2v) is 5.55. The first-order chi connectivity index (χ1) is 7.29. The van der Waals surface area contributed by atoms with Crippen LogP contribution >= 0.6 is 0 Å². The van der Waals surface area contributed by atoms with Crippen LogP contribution in [0.4, 0.5) is 0 Å². The summed E-state index contributed by atoms with van der Waals surface area (Å²) >= 11 is 0. The van der Waals surface area contributed by atoms with E-state index in [1.807, 2.05) is 13.8 Å². The molecule has 0 aromatic carbocycles. The lowest BCUT2D eigenvalue weighted by Gasteiger charge is -2.39. The maximum Gasteiger partial charge on any atom is 0.323 e. The van der Waals surface area contributed by atoms with Crippen LogP contribution in [0.5, 0.6) is 0 Å². The van der Waals surface area contributed by atoms with E-state index >= 15 is 0 Å². The van der Waals surface area contributed by atoms with Gasteiger partial charge in [-0.05, 0) is 33.6 Å². The minimum absolute atomic E-state index is 0.355. The Morgan fingerprint density at radius 1 is 1.44 bits per heavy atom. The summed E-state index contributed by atoms with van der Waals surface area (Å²) in [5, 5.41) is 12.6. The molecule has 16 heavy (non-hydrogen) atoms. The van der Waals surface area contributed by atoms with Crippen LogP contribution in [0.1, 0.15) is 46.5 Å². The average molecular weight is 229 g/mol. The zero-order valence-electron chi connectivity index (χ0n) is 10.7. The summed E-state index contributed by atoms with van der Waals surface area (Å²) in [6.45, 7) is 5.57. The minimum atomic E-state index is -0.898. The van der Waals surface area contributed by atoms with E-state index in [-0.39, 0.29) is 0 Å². The highest BCUT2D eigenvalue weighted by molar-refractivity contribution is 5.78. The van der Waals surface area contributed by atoms with Crippen molar-refractivity contribution in [2.24, 2.45) is 0 Å². The predicted octanol–water partition coefficient (Wildman–Crippen LogP) is 1.79. The largest absolute Gasteiger partial charge is 0.480 e. The van der Waals surface area contributed by atoms with Crippen LogP contribution in [0, 0.1) is 0 Å². The highest BCUT2D eigenvalue weighted by Crippen LogP contribution is 2.27. The fraction of sp³-hybridized carbons (Fsp3) is 0.917. The molecule has 0 radical (unpaired) electrons. The lowest BCUT2D eigenvalue weighted by molar-refractivity contribution is -0.148. The molecule has 1 aliphatic rings. The van der Waals surface area contributed by atoms with Crippen molar-refractivity contribution in [3.63, 3.8) is 0 Å². The van der Waals surface area contributed by atoms with Gasteiger partial charge in [0, 0.05) is 19.6 Å². The van der Waals surface area contributed by atoms with Crippen LogP contribution < -0.4 is 5.32 Å². The average Bonchev–Trinajstić information content (AvgIpc) is 2.11. The lowest BCUT2D eigenvalue weighted by atomic mass is 9.84. The van der Waals surface area contributed by atoms with E-state index in [9.17, 15) is 9.90 Å². The molecule has 4 nitrogen and oxygen atoms in total. The van der Waals surface area contributed by atoms with Crippen molar-refractivity contribution in [1.29, 1.82) is 0 Å². The van der Waals surface area contributed by atoms with Crippen LogP contribution in [0.3, 0.4) is 0 Å². The van der Waals surface area contributed by atoms with Crippen LogP contribution in [0.25, 0.3) is 0 Å². The monoisotopic (exact) mass is 229 g/mol. The second kappa shape index (κ2) is 4.72. The zero-order valence-corrected chi connectivity index (χ0v) is 10.7. The van der Waals surface area contributed by atoms with E-state index in [0.717, 1.165) is 12.8 Å². The molecule has 0 aliphatic heterocycles. The molecule has 0 bridgehead atoms. The number of aliphatic carboxylic acids is 1. The molecule has 1 rings (SSSR count). The molecule has 0 spiro atoms. The summed E-state index contributed by atoms with van der Waals surface area (Å²) in [5.41, 5.74) is -1.32. The van der Waals surface area contributed by atoms with Gasteiger partial charge >= 0.3 is 5.97 Å². The number of carboxylic acids is 1. The fourth-order valence-corrected chi connectivity index (χ4v) is 2.12. The Balaban J connectivity index is 2.67. The van der Waals surface area contributed by atoms with Gasteiger partial charge in [0.15, 0.2) is 0 Å². The Morgan fingerprint density at radius 3 is 2.31 bits per heavy atom. The van der Waals surface area contributed by atoms with Gasteiger partial charge in [0.25, 0.3) is 0 Å². The van der Waals surface area contributed by atoms with Crippen molar-refractivity contribution in [3.8, 4) is 0 Å². The van der Waals surface area contributed by atoms with Crippen molar-refractivity contribution in [1.82, 2.24) is 5.32 Å². The van der Waals surface area contributed by atoms with Gasteiger partial charge in [-0.3, -0.25) is 10.1 Å². The number of methoxy groups -OCH3 is 1. The summed E-state index contributed by atoms with van der Waals surface area (Å²) in [4.78, 5) is 11.4. The van der Waals surface area contributed by atoms with Crippen LogP contribution in [0.15, 0.2) is 0 Å². The standard InChI is InChI=1S/C12H23NO3/c1-11(2,16-4)8-12(3,10(14)15)13-9-6-5-7-9/h9,13H,5-8H2,1-4H3,(H,14,15). The third-order valence-corrected chi connectivity index (χ3v) is 3.43. The molecule has 2 N–H and O–H groups in total. The van der Waals surface area contributed by atoms with Crippen LogP contribution in [-0.4, -0.2) is 35.4 Å². The Morgan fingerprint density at radius 2 is 2.00 bits per heavy atom. The summed E-state index contributed by atoms with van der Waals surface area (Å²) in [6, 6.07) is 0.355. The van der Waals surface area contributed by atoms with Crippen molar-refractivity contribution in [2.75, 3.05) is 7.11 Å². The molecule has 1 atom stereocenters. The first kappa shape index (κ1) is 13.5. The number of rotatable bonds is 6. The highest BCUT2D eigenvalue weighted by Gasteiger charge is 2.41. The zero-order chi connectivity index (χ0) is 12.4. The molecule has 94 valence electrons. The highest BCUT2D eigenvalue weighted by atomic mass is 16.5. The maximum atomic E-state index is 11.4. The van der Waals surface area contributed by atoms with Crippen molar-refractivity contribution in [2.45, 2.75) is 63.6 Å². The van der Waals surface area contributed by atoms with Gasteiger partial charge in [0.2, 0.25) is 0 Å². The van der Waals surface area contributed by atoms with Gasteiger partial charge in [-0.2, -0.15) is 0 Å². The van der Waals surface area contributed by atoms with Crippen molar-refractivity contribution < 1.29 is 14.6 Å². The normalized spacial score (nSPS) is 21.2. The van der Waals surface area contributed by atoms with E-state index in [4.69, 9.17) is 4.74 Å². The summed E-state index contributed by atoms with van der Waals surface area (Å²) in [7, 11) is 1.62. The molecule has 1 unspecified atom stereocenters. The van der Waals surface area contributed by atoms with E-state index < -0.39 is 17.1 Å². The molecule has 0 aromatic heterocycles. The van der Waals surface area contributed by atoms with Gasteiger partial charge in [-0.25, -0.2) is 0 Å². The van der Waals surface area contributed by atoms with Gasteiger partial charge in [0.05, 0.1) is 5.60 Å². The number of carbonyl (C=O) groups is 1. The lowest BCUT2D eigenvalue weighted by Crippen LogP contribution is -2.58. The van der Waals surface area contributed by atoms with Crippen LogP contribution in [-0.2, 0) is 9.53 Å². The molecular weight excluding hydrogens is 206 g/mol. The van der Waals surface area contributed by atoms with Crippen molar-refractivity contribution >= 4 is 5.97 Å². The Kier molecular flexibility index (Phi) is 3.97. The summed E-state index contributed by atoms with van der Waals surface area (Å²) in [5.74, 6) is -0.801. The molecule has 1 saturated carbocycles. The molecule has 1 aliphatic carbocycles. The Labute approximate surface area is 97.4 Å². The molecule has 0 aromatic rings. The molecule has 0 heterocycles. The fourth-order valence-electron chi connectivity index (χ4n) is 2.12.